The first-order chi connectivity index (χ1) is 7.59. The Morgan fingerprint density at radius 2 is 2.00 bits per heavy atom. The lowest BCUT2D eigenvalue weighted by molar-refractivity contribution is 0.395. The van der Waals surface area contributed by atoms with Crippen LogP contribution in [0.5, 0.6) is 5.75 Å². The smallest absolute Gasteiger partial charge is 0.115 e. The summed E-state index contributed by atoms with van der Waals surface area (Å²) in [7, 11) is 0. The topological polar surface area (TPSA) is 32.3 Å². The van der Waals surface area contributed by atoms with Crippen LogP contribution in [0.25, 0.3) is 0 Å². The molecule has 0 amide bonds. The van der Waals surface area contributed by atoms with Crippen LogP contribution < -0.4 is 5.32 Å². The molecule has 88 valence electrons. The molecule has 1 atom stereocenters. The van der Waals surface area contributed by atoms with Crippen molar-refractivity contribution in [2.75, 3.05) is 13.1 Å². The van der Waals surface area contributed by atoms with E-state index in [0.717, 1.165) is 19.5 Å². The zero-order chi connectivity index (χ0) is 12.0. The Labute approximate surface area is 98.0 Å². The van der Waals surface area contributed by atoms with Crippen LogP contribution >= 0.6 is 0 Å². The second kappa shape index (κ2) is 5.71. The van der Waals surface area contributed by atoms with Crippen LogP contribution in [0, 0.1) is 5.41 Å². The van der Waals surface area contributed by atoms with E-state index in [0.29, 0.717) is 5.75 Å². The molecule has 1 aromatic rings. The van der Waals surface area contributed by atoms with Gasteiger partial charge in [0.2, 0.25) is 0 Å². The summed E-state index contributed by atoms with van der Waals surface area (Å²) in [4.78, 5) is 0. The van der Waals surface area contributed by atoms with Crippen molar-refractivity contribution >= 4 is 0 Å². The van der Waals surface area contributed by atoms with Gasteiger partial charge >= 0.3 is 0 Å². The van der Waals surface area contributed by atoms with Crippen molar-refractivity contribution in [3.8, 4) is 5.75 Å². The van der Waals surface area contributed by atoms with Crippen LogP contribution in [0.4, 0.5) is 0 Å². The van der Waals surface area contributed by atoms with Crippen molar-refractivity contribution in [1.82, 2.24) is 5.32 Å². The Bertz CT molecular complexity index is 331. The van der Waals surface area contributed by atoms with Crippen LogP contribution in [0.2, 0.25) is 0 Å². The molecule has 0 saturated heterocycles. The molecule has 0 bridgehead atoms. The van der Waals surface area contributed by atoms with E-state index in [1.165, 1.54) is 5.56 Å². The number of rotatable bonds is 6. The first-order valence-electron chi connectivity index (χ1n) is 5.72. The minimum Gasteiger partial charge on any atom is -0.508 e. The molecule has 0 aliphatic heterocycles. The Balaban J connectivity index is 2.68. The van der Waals surface area contributed by atoms with E-state index in [-0.39, 0.29) is 5.41 Å². The molecule has 0 heterocycles. The lowest BCUT2D eigenvalue weighted by atomic mass is 9.83. The lowest BCUT2D eigenvalue weighted by Gasteiger charge is -2.26. The van der Waals surface area contributed by atoms with Crippen LogP contribution in [0.3, 0.4) is 0 Å². The maximum atomic E-state index is 9.22. The predicted molar refractivity (Wildman–Crippen MR) is 68.7 cm³/mol. The molecule has 0 aliphatic carbocycles. The van der Waals surface area contributed by atoms with Gasteiger partial charge in [0.1, 0.15) is 5.75 Å². The van der Waals surface area contributed by atoms with Gasteiger partial charge in [-0.25, -0.2) is 0 Å². The van der Waals surface area contributed by atoms with Gasteiger partial charge < -0.3 is 10.4 Å². The normalized spacial score (nSPS) is 14.4. The van der Waals surface area contributed by atoms with Gasteiger partial charge in [0.15, 0.2) is 0 Å². The van der Waals surface area contributed by atoms with E-state index in [2.05, 4.69) is 25.7 Å². The molecule has 0 fully saturated rings. The maximum absolute atomic E-state index is 9.22. The highest BCUT2D eigenvalue weighted by molar-refractivity contribution is 5.27. The fourth-order valence-electron chi connectivity index (χ4n) is 1.70. The SMILES string of the molecule is C=CC(C)(CNCC)Cc1ccc(O)cc1. The van der Waals surface area contributed by atoms with Crippen molar-refractivity contribution < 1.29 is 5.11 Å². The van der Waals surface area contributed by atoms with Gasteiger partial charge in [0.05, 0.1) is 0 Å². The minimum absolute atomic E-state index is 0.0625. The number of phenols is 1. The molecule has 0 aromatic heterocycles. The number of phenolic OH excluding ortho intramolecular Hbond substituents is 1. The van der Waals surface area contributed by atoms with Gasteiger partial charge in [-0.1, -0.05) is 32.1 Å². The summed E-state index contributed by atoms with van der Waals surface area (Å²) in [5, 5.41) is 12.6. The second-order valence-corrected chi connectivity index (χ2v) is 4.48. The fraction of sp³-hybridized carbons (Fsp3) is 0.429. The summed E-state index contributed by atoms with van der Waals surface area (Å²) < 4.78 is 0. The molecule has 2 N–H and O–H groups in total. The quantitative estimate of drug-likeness (QED) is 0.721. The highest BCUT2D eigenvalue weighted by Gasteiger charge is 2.19. The van der Waals surface area contributed by atoms with Crippen LogP contribution in [0.15, 0.2) is 36.9 Å². The number of benzene rings is 1. The van der Waals surface area contributed by atoms with E-state index in [1.54, 1.807) is 12.1 Å². The maximum Gasteiger partial charge on any atom is 0.115 e. The zero-order valence-electron chi connectivity index (χ0n) is 10.2. The van der Waals surface area contributed by atoms with Crippen molar-refractivity contribution in [3.05, 3.63) is 42.5 Å². The average molecular weight is 219 g/mol. The minimum atomic E-state index is 0.0625. The Kier molecular flexibility index (Phi) is 4.56. The van der Waals surface area contributed by atoms with Crippen LogP contribution in [0.1, 0.15) is 19.4 Å². The van der Waals surface area contributed by atoms with E-state index >= 15 is 0 Å². The zero-order valence-corrected chi connectivity index (χ0v) is 10.2. The van der Waals surface area contributed by atoms with Gasteiger partial charge in [-0.2, -0.15) is 0 Å². The van der Waals surface area contributed by atoms with Crippen LogP contribution in [-0.4, -0.2) is 18.2 Å². The van der Waals surface area contributed by atoms with Crippen molar-refractivity contribution in [2.24, 2.45) is 5.41 Å². The summed E-state index contributed by atoms with van der Waals surface area (Å²) in [6, 6.07) is 7.38. The summed E-state index contributed by atoms with van der Waals surface area (Å²) in [6.07, 6.45) is 2.94. The number of hydrogen-bond acceptors (Lipinski definition) is 2. The largest absolute Gasteiger partial charge is 0.508 e. The first kappa shape index (κ1) is 12.8. The van der Waals surface area contributed by atoms with Crippen molar-refractivity contribution in [3.63, 3.8) is 0 Å². The molecule has 1 aromatic carbocycles. The first-order valence-corrected chi connectivity index (χ1v) is 5.72. The van der Waals surface area contributed by atoms with Gasteiger partial charge in [-0.15, -0.1) is 6.58 Å². The van der Waals surface area contributed by atoms with E-state index in [4.69, 9.17) is 0 Å². The molecule has 1 unspecified atom stereocenters. The van der Waals surface area contributed by atoms with Crippen molar-refractivity contribution in [2.45, 2.75) is 20.3 Å². The second-order valence-electron chi connectivity index (χ2n) is 4.48. The predicted octanol–water partition coefficient (Wildman–Crippen LogP) is 2.74. The Hall–Kier alpha value is -1.28. The lowest BCUT2D eigenvalue weighted by Crippen LogP contribution is -2.31. The molecule has 2 heteroatoms. The number of nitrogens with one attached hydrogen (secondary N) is 1. The fourth-order valence-corrected chi connectivity index (χ4v) is 1.70. The van der Waals surface area contributed by atoms with Gasteiger partial charge in [-0.05, 0) is 30.7 Å². The molecule has 2 nitrogen and oxygen atoms in total. The Morgan fingerprint density at radius 1 is 1.38 bits per heavy atom. The van der Waals surface area contributed by atoms with Gasteiger partial charge in [0, 0.05) is 12.0 Å². The van der Waals surface area contributed by atoms with E-state index in [9.17, 15) is 5.11 Å². The number of aromatic hydroxyl groups is 1. The van der Waals surface area contributed by atoms with Gasteiger partial charge in [-0.3, -0.25) is 0 Å². The van der Waals surface area contributed by atoms with E-state index < -0.39 is 0 Å². The molecule has 16 heavy (non-hydrogen) atoms. The third-order valence-electron chi connectivity index (χ3n) is 2.82. The summed E-state index contributed by atoms with van der Waals surface area (Å²) >= 11 is 0. The van der Waals surface area contributed by atoms with Gasteiger partial charge in [0.25, 0.3) is 0 Å². The summed E-state index contributed by atoms with van der Waals surface area (Å²) in [5.74, 6) is 0.315. The standard InChI is InChI=1S/C14H21NO/c1-4-14(3,11-15-5-2)10-12-6-8-13(16)9-7-12/h4,6-9,15-16H,1,5,10-11H2,2-3H3. The molecular weight excluding hydrogens is 198 g/mol. The molecule has 0 saturated carbocycles. The highest BCUT2D eigenvalue weighted by atomic mass is 16.3. The molecular formula is C14H21NO. The van der Waals surface area contributed by atoms with E-state index in [1.807, 2.05) is 18.2 Å². The average Bonchev–Trinajstić information content (AvgIpc) is 2.30. The van der Waals surface area contributed by atoms with Crippen LogP contribution in [-0.2, 0) is 6.42 Å². The molecule has 1 rings (SSSR count). The third kappa shape index (κ3) is 3.70. The Morgan fingerprint density at radius 3 is 2.50 bits per heavy atom. The highest BCUT2D eigenvalue weighted by Crippen LogP contribution is 2.24. The number of hydrogen-bond donors (Lipinski definition) is 2. The third-order valence-corrected chi connectivity index (χ3v) is 2.82. The van der Waals surface area contributed by atoms with Crippen molar-refractivity contribution in [1.29, 1.82) is 0 Å². The summed E-state index contributed by atoms with van der Waals surface area (Å²) in [6.45, 7) is 10.1. The molecule has 0 aliphatic rings. The monoisotopic (exact) mass is 219 g/mol. The summed E-state index contributed by atoms with van der Waals surface area (Å²) in [5.41, 5.74) is 1.28. The molecule has 0 spiro atoms. The molecule has 0 radical (unpaired) electrons.